The fourth-order valence-electron chi connectivity index (χ4n) is 4.20. The lowest BCUT2D eigenvalue weighted by Gasteiger charge is -2.32. The lowest BCUT2D eigenvalue weighted by atomic mass is 10.1. The van der Waals surface area contributed by atoms with Gasteiger partial charge in [-0.1, -0.05) is 76.3 Å². The fourth-order valence-corrected chi connectivity index (χ4v) is 4.37. The van der Waals surface area contributed by atoms with Crippen molar-refractivity contribution in [3.8, 4) is 0 Å². The van der Waals surface area contributed by atoms with Crippen LogP contribution >= 0.6 is 11.6 Å². The number of halogens is 1. The highest BCUT2D eigenvalue weighted by Gasteiger charge is 2.54. The molecule has 0 unspecified atom stereocenters. The van der Waals surface area contributed by atoms with Gasteiger partial charge in [0.1, 0.15) is 0 Å². The summed E-state index contributed by atoms with van der Waals surface area (Å²) in [6.45, 7) is 4.03. The Kier molecular flexibility index (Phi) is 8.19. The van der Waals surface area contributed by atoms with Gasteiger partial charge in [0.05, 0.1) is 18.9 Å². The Hall–Kier alpha value is -1.10. The van der Waals surface area contributed by atoms with Crippen molar-refractivity contribution < 1.29 is 14.3 Å². The van der Waals surface area contributed by atoms with E-state index in [1.807, 2.05) is 23.1 Å². The normalized spacial score (nSPS) is 18.1. The van der Waals surface area contributed by atoms with Crippen molar-refractivity contribution in [2.45, 2.75) is 83.3 Å². The molecule has 2 aliphatic heterocycles. The standard InChI is InChI=1S/C23H34ClNO3/c1-2-3-4-5-6-7-8-9-10-11-15-25-21-14-13-19(24)18-20(21)23(22(25)26)27-16-12-17-28-23/h13-14,18H,2-12,15-17H2,1H3. The summed E-state index contributed by atoms with van der Waals surface area (Å²) in [5.41, 5.74) is 1.64. The van der Waals surface area contributed by atoms with Crippen LogP contribution in [-0.2, 0) is 20.1 Å². The van der Waals surface area contributed by atoms with Crippen molar-refractivity contribution in [2.24, 2.45) is 0 Å². The molecular weight excluding hydrogens is 374 g/mol. The molecule has 0 atom stereocenters. The lowest BCUT2D eigenvalue weighted by Crippen LogP contribution is -2.47. The minimum absolute atomic E-state index is 0.0969. The number of unbranched alkanes of at least 4 members (excludes halogenated alkanes) is 9. The highest BCUT2D eigenvalue weighted by atomic mass is 35.5. The van der Waals surface area contributed by atoms with Gasteiger partial charge in [0, 0.05) is 17.1 Å². The van der Waals surface area contributed by atoms with Crippen LogP contribution < -0.4 is 4.90 Å². The Labute approximate surface area is 174 Å². The molecule has 2 aliphatic rings. The van der Waals surface area contributed by atoms with Crippen molar-refractivity contribution in [3.05, 3.63) is 28.8 Å². The van der Waals surface area contributed by atoms with E-state index in [0.717, 1.165) is 30.5 Å². The van der Waals surface area contributed by atoms with Crippen LogP contribution in [-0.4, -0.2) is 25.7 Å². The topological polar surface area (TPSA) is 38.8 Å². The first-order valence-corrected chi connectivity index (χ1v) is 11.5. The largest absolute Gasteiger partial charge is 0.338 e. The molecule has 0 bridgehead atoms. The van der Waals surface area contributed by atoms with Crippen LogP contribution in [0, 0.1) is 0 Å². The molecule has 0 radical (unpaired) electrons. The maximum atomic E-state index is 13.2. The van der Waals surface area contributed by atoms with E-state index in [2.05, 4.69) is 6.92 Å². The van der Waals surface area contributed by atoms with Crippen LogP contribution in [0.5, 0.6) is 0 Å². The Morgan fingerprint density at radius 1 is 0.964 bits per heavy atom. The average molecular weight is 408 g/mol. The zero-order valence-corrected chi connectivity index (χ0v) is 17.9. The fraction of sp³-hybridized carbons (Fsp3) is 0.696. The first kappa shape index (κ1) is 21.6. The number of benzene rings is 1. The third-order valence-electron chi connectivity index (χ3n) is 5.77. The second-order valence-corrected chi connectivity index (χ2v) is 8.40. The quantitative estimate of drug-likeness (QED) is 0.410. The van der Waals surface area contributed by atoms with Gasteiger partial charge >= 0.3 is 0 Å². The maximum absolute atomic E-state index is 13.2. The molecule has 28 heavy (non-hydrogen) atoms. The summed E-state index contributed by atoms with van der Waals surface area (Å²) in [6.07, 6.45) is 13.6. The van der Waals surface area contributed by atoms with Gasteiger partial charge in [0.2, 0.25) is 0 Å². The van der Waals surface area contributed by atoms with Crippen LogP contribution in [0.4, 0.5) is 5.69 Å². The van der Waals surface area contributed by atoms with Gasteiger partial charge in [-0.15, -0.1) is 0 Å². The van der Waals surface area contributed by atoms with E-state index >= 15 is 0 Å². The molecule has 5 heteroatoms. The number of ether oxygens (including phenoxy) is 2. The minimum atomic E-state index is -1.28. The third kappa shape index (κ3) is 4.90. The summed E-state index contributed by atoms with van der Waals surface area (Å²) in [5.74, 6) is -1.38. The average Bonchev–Trinajstić information content (AvgIpc) is 2.92. The van der Waals surface area contributed by atoms with Gasteiger partial charge in [-0.3, -0.25) is 4.79 Å². The van der Waals surface area contributed by atoms with Gasteiger partial charge in [0.15, 0.2) is 0 Å². The number of rotatable bonds is 11. The summed E-state index contributed by atoms with van der Waals surface area (Å²) in [4.78, 5) is 15.0. The zero-order valence-electron chi connectivity index (χ0n) is 17.2. The summed E-state index contributed by atoms with van der Waals surface area (Å²) < 4.78 is 11.8. The Morgan fingerprint density at radius 2 is 1.57 bits per heavy atom. The van der Waals surface area contributed by atoms with Crippen molar-refractivity contribution in [1.82, 2.24) is 0 Å². The van der Waals surface area contributed by atoms with Crippen LogP contribution in [0.15, 0.2) is 18.2 Å². The van der Waals surface area contributed by atoms with E-state index in [1.54, 1.807) is 0 Å². The molecule has 0 N–H and O–H groups in total. The number of carbonyl (C=O) groups excluding carboxylic acids is 1. The molecule has 4 nitrogen and oxygen atoms in total. The van der Waals surface area contributed by atoms with E-state index < -0.39 is 5.79 Å². The number of anilines is 1. The molecule has 0 saturated carbocycles. The summed E-state index contributed by atoms with van der Waals surface area (Å²) >= 11 is 6.20. The number of fused-ring (bicyclic) bond motifs is 2. The van der Waals surface area contributed by atoms with E-state index in [1.165, 1.54) is 51.4 Å². The predicted octanol–water partition coefficient (Wildman–Crippen LogP) is 6.20. The van der Waals surface area contributed by atoms with Crippen molar-refractivity contribution in [2.75, 3.05) is 24.7 Å². The second kappa shape index (κ2) is 10.6. The van der Waals surface area contributed by atoms with Crippen LogP contribution in [0.3, 0.4) is 0 Å². The first-order valence-electron chi connectivity index (χ1n) is 11.1. The first-order chi connectivity index (χ1) is 13.7. The van der Waals surface area contributed by atoms with Gasteiger partial charge < -0.3 is 14.4 Å². The molecule has 1 aromatic rings. The monoisotopic (exact) mass is 407 g/mol. The van der Waals surface area contributed by atoms with E-state index in [9.17, 15) is 4.79 Å². The Morgan fingerprint density at radius 3 is 2.21 bits per heavy atom. The molecule has 1 saturated heterocycles. The number of amides is 1. The molecule has 1 spiro atoms. The second-order valence-electron chi connectivity index (χ2n) is 7.97. The molecule has 3 rings (SSSR count). The zero-order chi connectivity index (χ0) is 19.8. The number of hydrogen-bond acceptors (Lipinski definition) is 3. The van der Waals surface area contributed by atoms with Crippen LogP contribution in [0.2, 0.25) is 5.02 Å². The Bertz CT molecular complexity index is 643. The highest BCUT2D eigenvalue weighted by Crippen LogP contribution is 2.46. The van der Waals surface area contributed by atoms with Crippen LogP contribution in [0.25, 0.3) is 0 Å². The van der Waals surface area contributed by atoms with E-state index in [0.29, 0.717) is 24.8 Å². The van der Waals surface area contributed by atoms with E-state index in [-0.39, 0.29) is 5.91 Å². The molecule has 0 aliphatic carbocycles. The maximum Gasteiger partial charge on any atom is 0.292 e. The van der Waals surface area contributed by atoms with Crippen molar-refractivity contribution in [3.63, 3.8) is 0 Å². The molecule has 1 fully saturated rings. The Balaban J connectivity index is 1.48. The number of nitrogens with zero attached hydrogens (tertiary/aromatic N) is 1. The molecular formula is C23H34ClNO3. The molecule has 2 heterocycles. The summed E-state index contributed by atoms with van der Waals surface area (Å²) in [5, 5.41) is 0.601. The SMILES string of the molecule is CCCCCCCCCCCCN1C(=O)C2(OCCCO2)c2cc(Cl)ccc21. The van der Waals surface area contributed by atoms with Gasteiger partial charge in [-0.05, 0) is 31.0 Å². The molecule has 0 aromatic heterocycles. The smallest absolute Gasteiger partial charge is 0.292 e. The van der Waals surface area contributed by atoms with Crippen molar-refractivity contribution in [1.29, 1.82) is 0 Å². The minimum Gasteiger partial charge on any atom is -0.338 e. The highest BCUT2D eigenvalue weighted by molar-refractivity contribution is 6.31. The lowest BCUT2D eigenvalue weighted by molar-refractivity contribution is -0.256. The predicted molar refractivity (Wildman–Crippen MR) is 114 cm³/mol. The van der Waals surface area contributed by atoms with Gasteiger partial charge in [0.25, 0.3) is 11.7 Å². The molecule has 156 valence electrons. The molecule has 1 amide bonds. The third-order valence-corrected chi connectivity index (χ3v) is 6.00. The number of hydrogen-bond donors (Lipinski definition) is 0. The van der Waals surface area contributed by atoms with Gasteiger partial charge in [-0.25, -0.2) is 0 Å². The van der Waals surface area contributed by atoms with E-state index in [4.69, 9.17) is 21.1 Å². The number of carbonyl (C=O) groups is 1. The molecule has 1 aromatic carbocycles. The van der Waals surface area contributed by atoms with Gasteiger partial charge in [-0.2, -0.15) is 0 Å². The summed E-state index contributed by atoms with van der Waals surface area (Å²) in [6, 6.07) is 5.57. The summed E-state index contributed by atoms with van der Waals surface area (Å²) in [7, 11) is 0. The van der Waals surface area contributed by atoms with Crippen LogP contribution in [0.1, 0.15) is 83.1 Å². The van der Waals surface area contributed by atoms with Crippen molar-refractivity contribution >= 4 is 23.2 Å².